The molecular weight excluding hydrogens is 466 g/mol. The van der Waals surface area contributed by atoms with Gasteiger partial charge in [-0.15, -0.1) is 0 Å². The average molecular weight is 508 g/mol. The minimum absolute atomic E-state index is 0.000249. The van der Waals surface area contributed by atoms with Crippen molar-refractivity contribution >= 4 is 23.9 Å². The highest BCUT2D eigenvalue weighted by atomic mass is 16.6. The van der Waals surface area contributed by atoms with Gasteiger partial charge in [-0.2, -0.15) is 0 Å². The summed E-state index contributed by atoms with van der Waals surface area (Å²) in [4.78, 5) is 49.6. The van der Waals surface area contributed by atoms with E-state index in [1.165, 1.54) is 19.2 Å². The number of methoxy groups -OCH3 is 1. The van der Waals surface area contributed by atoms with Gasteiger partial charge < -0.3 is 24.7 Å². The maximum Gasteiger partial charge on any atom is 0.326 e. The lowest BCUT2D eigenvalue weighted by Crippen LogP contribution is -2.51. The van der Waals surface area contributed by atoms with Crippen LogP contribution < -0.4 is 15.2 Å². The number of ether oxygens (including phenoxy) is 4. The van der Waals surface area contributed by atoms with E-state index in [9.17, 15) is 19.2 Å². The van der Waals surface area contributed by atoms with Crippen molar-refractivity contribution in [1.29, 1.82) is 0 Å². The van der Waals surface area contributed by atoms with Crippen LogP contribution in [0.15, 0.2) is 18.2 Å². The quantitative estimate of drug-likeness (QED) is 0.309. The number of carbonyl (C=O) groups excluding carboxylic acids is 4. The summed E-state index contributed by atoms with van der Waals surface area (Å²) in [5.74, 6) is -1.91. The molecule has 0 bridgehead atoms. The molecule has 0 amide bonds. The number of hydrogen-bond donors (Lipinski definition) is 1. The van der Waals surface area contributed by atoms with Crippen molar-refractivity contribution in [2.45, 2.75) is 86.1 Å². The molecule has 9 nitrogen and oxygen atoms in total. The Hall–Kier alpha value is -2.94. The van der Waals surface area contributed by atoms with E-state index in [4.69, 9.17) is 24.7 Å². The van der Waals surface area contributed by atoms with Crippen molar-refractivity contribution in [2.24, 2.45) is 16.6 Å². The molecule has 0 unspecified atom stereocenters. The molecule has 0 fully saturated rings. The first-order chi connectivity index (χ1) is 16.7. The smallest absolute Gasteiger partial charge is 0.326 e. The van der Waals surface area contributed by atoms with Crippen LogP contribution in [0.5, 0.6) is 11.5 Å². The Morgan fingerprint density at radius 3 is 1.83 bits per heavy atom. The second-order valence-electron chi connectivity index (χ2n) is 10.2. The van der Waals surface area contributed by atoms with E-state index >= 15 is 0 Å². The molecule has 9 heteroatoms. The summed E-state index contributed by atoms with van der Waals surface area (Å²) < 4.78 is 21.3. The SMILES string of the molecule is CCC(=O)OCC[C@@](N)(Cc1ccc(OC(=O)C(C)(C)CC)c(OC(=O)C(C)(C)CC)c1)C(=O)OC. The molecule has 1 aromatic carbocycles. The van der Waals surface area contributed by atoms with E-state index < -0.39 is 40.2 Å². The molecule has 1 rings (SSSR count). The Kier molecular flexibility index (Phi) is 11.1. The molecule has 0 heterocycles. The minimum Gasteiger partial charge on any atom is -0.468 e. The van der Waals surface area contributed by atoms with Gasteiger partial charge in [-0.25, -0.2) is 0 Å². The molecule has 1 aromatic rings. The van der Waals surface area contributed by atoms with E-state index in [2.05, 4.69) is 0 Å². The predicted octanol–water partition coefficient (Wildman–Crippen LogP) is 4.13. The van der Waals surface area contributed by atoms with Gasteiger partial charge in [0, 0.05) is 19.3 Å². The zero-order chi connectivity index (χ0) is 27.7. The van der Waals surface area contributed by atoms with Crippen LogP contribution in [0.2, 0.25) is 0 Å². The monoisotopic (exact) mass is 507 g/mol. The molecule has 0 saturated carbocycles. The number of hydrogen-bond acceptors (Lipinski definition) is 9. The third-order valence-corrected chi connectivity index (χ3v) is 6.50. The lowest BCUT2D eigenvalue weighted by atomic mass is 9.88. The average Bonchev–Trinajstić information content (AvgIpc) is 2.84. The normalized spacial score (nSPS) is 13.4. The third kappa shape index (κ3) is 8.33. The van der Waals surface area contributed by atoms with E-state index in [0.29, 0.717) is 18.4 Å². The van der Waals surface area contributed by atoms with Crippen LogP contribution >= 0.6 is 0 Å². The highest BCUT2D eigenvalue weighted by molar-refractivity contribution is 5.82. The van der Waals surface area contributed by atoms with Gasteiger partial charge in [0.05, 0.1) is 24.5 Å². The molecule has 0 aliphatic carbocycles. The van der Waals surface area contributed by atoms with Crippen LogP contribution in [0.25, 0.3) is 0 Å². The lowest BCUT2D eigenvalue weighted by Gasteiger charge is -2.27. The van der Waals surface area contributed by atoms with Gasteiger partial charge in [-0.3, -0.25) is 19.2 Å². The van der Waals surface area contributed by atoms with Crippen LogP contribution in [0.1, 0.15) is 79.7 Å². The van der Waals surface area contributed by atoms with E-state index in [-0.39, 0.29) is 37.4 Å². The van der Waals surface area contributed by atoms with Gasteiger partial charge in [-0.1, -0.05) is 26.8 Å². The number of carbonyl (C=O) groups is 4. The molecule has 0 aliphatic heterocycles. The number of nitrogens with two attached hydrogens (primary N) is 1. The number of benzene rings is 1. The van der Waals surface area contributed by atoms with Crippen LogP contribution in [0.4, 0.5) is 0 Å². The third-order valence-electron chi connectivity index (χ3n) is 6.50. The van der Waals surface area contributed by atoms with Crippen LogP contribution in [0.3, 0.4) is 0 Å². The second-order valence-corrected chi connectivity index (χ2v) is 10.2. The molecule has 36 heavy (non-hydrogen) atoms. The Morgan fingerprint density at radius 1 is 0.833 bits per heavy atom. The first-order valence-electron chi connectivity index (χ1n) is 12.3. The molecule has 0 radical (unpaired) electrons. The van der Waals surface area contributed by atoms with Crippen molar-refractivity contribution in [1.82, 2.24) is 0 Å². The molecule has 0 aliphatic rings. The summed E-state index contributed by atoms with van der Waals surface area (Å²) >= 11 is 0. The molecule has 0 aromatic heterocycles. The van der Waals surface area contributed by atoms with E-state index in [1.54, 1.807) is 40.7 Å². The van der Waals surface area contributed by atoms with Gasteiger partial charge in [0.15, 0.2) is 11.5 Å². The maximum absolute atomic E-state index is 12.8. The minimum atomic E-state index is -1.50. The zero-order valence-electron chi connectivity index (χ0n) is 22.8. The topological polar surface area (TPSA) is 131 Å². The van der Waals surface area contributed by atoms with Crippen LogP contribution in [-0.4, -0.2) is 43.1 Å². The molecule has 1 atom stereocenters. The van der Waals surface area contributed by atoms with Gasteiger partial charge in [0.2, 0.25) is 0 Å². The molecule has 0 saturated heterocycles. The summed E-state index contributed by atoms with van der Waals surface area (Å²) in [7, 11) is 1.22. The Labute approximate surface area is 214 Å². The Balaban J connectivity index is 3.36. The van der Waals surface area contributed by atoms with Crippen molar-refractivity contribution in [3.63, 3.8) is 0 Å². The summed E-state index contributed by atoms with van der Waals surface area (Å²) in [5, 5.41) is 0. The summed E-state index contributed by atoms with van der Waals surface area (Å²) in [6, 6.07) is 4.66. The lowest BCUT2D eigenvalue weighted by molar-refractivity contribution is -0.151. The van der Waals surface area contributed by atoms with E-state index in [1.807, 2.05) is 13.8 Å². The van der Waals surface area contributed by atoms with Gasteiger partial charge in [0.25, 0.3) is 0 Å². The highest BCUT2D eigenvalue weighted by Crippen LogP contribution is 2.35. The molecule has 0 spiro atoms. The maximum atomic E-state index is 12.8. The standard InChI is InChI=1S/C27H41NO8/c1-9-21(29)34-15-14-27(28,24(32)33-8)17-18-12-13-19(35-22(30)25(4,5)10-2)20(16-18)36-23(31)26(6,7)11-3/h12-13,16H,9-11,14-15,17,28H2,1-8H3/t27-/m1/s1. The zero-order valence-corrected chi connectivity index (χ0v) is 22.8. The fourth-order valence-electron chi connectivity index (χ4n) is 2.87. The van der Waals surface area contributed by atoms with E-state index in [0.717, 1.165) is 0 Å². The van der Waals surface area contributed by atoms with Crippen molar-refractivity contribution < 1.29 is 38.1 Å². The fourth-order valence-corrected chi connectivity index (χ4v) is 2.87. The largest absolute Gasteiger partial charge is 0.468 e. The Bertz CT molecular complexity index is 953. The Morgan fingerprint density at radius 2 is 1.36 bits per heavy atom. The van der Waals surface area contributed by atoms with Gasteiger partial charge >= 0.3 is 23.9 Å². The fraction of sp³-hybridized carbons (Fsp3) is 0.630. The summed E-state index contributed by atoms with van der Waals surface area (Å²) in [6.07, 6.45) is 1.31. The van der Waals surface area contributed by atoms with Crippen molar-refractivity contribution in [2.75, 3.05) is 13.7 Å². The highest BCUT2D eigenvalue weighted by Gasteiger charge is 2.37. The first kappa shape index (κ1) is 31.1. The van der Waals surface area contributed by atoms with Crippen molar-refractivity contribution in [3.05, 3.63) is 23.8 Å². The van der Waals surface area contributed by atoms with Crippen LogP contribution in [-0.2, 0) is 35.1 Å². The van der Waals surface area contributed by atoms with Crippen molar-refractivity contribution in [3.8, 4) is 11.5 Å². The predicted molar refractivity (Wildman–Crippen MR) is 134 cm³/mol. The summed E-state index contributed by atoms with van der Waals surface area (Å²) in [6.45, 7) is 12.4. The summed E-state index contributed by atoms with van der Waals surface area (Å²) in [5.41, 5.74) is 3.91. The molecular formula is C27H41NO8. The van der Waals surface area contributed by atoms with Gasteiger partial charge in [0.1, 0.15) is 5.54 Å². The first-order valence-corrected chi connectivity index (χ1v) is 12.3. The second kappa shape index (κ2) is 12.9. The molecule has 2 N–H and O–H groups in total. The molecule has 202 valence electrons. The number of rotatable bonds is 13. The van der Waals surface area contributed by atoms with Gasteiger partial charge in [-0.05, 0) is 58.2 Å². The number of esters is 4. The van der Waals surface area contributed by atoms with Crippen LogP contribution in [0, 0.1) is 10.8 Å².